The molecule has 0 atom stereocenters. The van der Waals surface area contributed by atoms with E-state index < -0.39 is 5.97 Å². The maximum absolute atomic E-state index is 12.7. The predicted octanol–water partition coefficient (Wildman–Crippen LogP) is 2.74. The van der Waals surface area contributed by atoms with Crippen molar-refractivity contribution in [3.63, 3.8) is 0 Å². The van der Waals surface area contributed by atoms with Crippen LogP contribution in [0.2, 0.25) is 0 Å². The van der Waals surface area contributed by atoms with Crippen LogP contribution >= 0.6 is 0 Å². The third-order valence-corrected chi connectivity index (χ3v) is 6.62. The maximum atomic E-state index is 12.7. The molecule has 4 heterocycles. The lowest BCUT2D eigenvalue weighted by Crippen LogP contribution is -2.43. The summed E-state index contributed by atoms with van der Waals surface area (Å²) in [6, 6.07) is 8.15. The number of carbonyl (C=O) groups is 1. The van der Waals surface area contributed by atoms with Crippen molar-refractivity contribution in [3.8, 4) is 11.3 Å². The van der Waals surface area contributed by atoms with Gasteiger partial charge in [0.25, 0.3) is 0 Å². The number of likely N-dealkylation sites (N-methyl/N-ethyl adjacent to an activating group) is 1. The molecule has 37 heavy (non-hydrogen) atoms. The smallest absolute Gasteiger partial charge is 0.360 e. The zero-order chi connectivity index (χ0) is 25.9. The summed E-state index contributed by atoms with van der Waals surface area (Å²) in [5.41, 5.74) is 4.80. The minimum atomic E-state index is -0.591. The zero-order valence-corrected chi connectivity index (χ0v) is 21.5. The lowest BCUT2D eigenvalue weighted by atomic mass is 10.1. The molecule has 0 spiro atoms. The first-order valence-corrected chi connectivity index (χ1v) is 12.2. The molecule has 2 N–H and O–H groups in total. The quantitative estimate of drug-likeness (QED) is 0.367. The van der Waals surface area contributed by atoms with Gasteiger partial charge in [-0.25, -0.2) is 19.7 Å². The fourth-order valence-electron chi connectivity index (χ4n) is 4.43. The molecule has 1 aliphatic rings. The van der Waals surface area contributed by atoms with Gasteiger partial charge in [-0.05, 0) is 24.7 Å². The number of nitrogens with one attached hydrogen (secondary N) is 2. The Morgan fingerprint density at radius 2 is 1.78 bits per heavy atom. The molecule has 0 bridgehead atoms. The third kappa shape index (κ3) is 5.09. The summed E-state index contributed by atoms with van der Waals surface area (Å²) in [4.78, 5) is 35.8. The number of nitrogens with zero attached hydrogens (tertiary/aromatic N) is 7. The van der Waals surface area contributed by atoms with Crippen molar-refractivity contribution in [2.24, 2.45) is 7.05 Å². The Kier molecular flexibility index (Phi) is 6.97. The van der Waals surface area contributed by atoms with Crippen molar-refractivity contribution in [1.29, 1.82) is 0 Å². The topological polar surface area (TPSA) is 113 Å². The predicted molar refractivity (Wildman–Crippen MR) is 143 cm³/mol. The van der Waals surface area contributed by atoms with E-state index in [1.807, 2.05) is 23.7 Å². The molecular formula is C26H31N9O2. The molecule has 0 saturated carbocycles. The van der Waals surface area contributed by atoms with Crippen LogP contribution in [0.15, 0.2) is 43.0 Å². The highest BCUT2D eigenvalue weighted by molar-refractivity contribution is 5.98. The number of hydrogen-bond donors (Lipinski definition) is 2. The molecule has 192 valence electrons. The van der Waals surface area contributed by atoms with E-state index in [-0.39, 0.29) is 5.69 Å². The highest BCUT2D eigenvalue weighted by atomic mass is 16.5. The van der Waals surface area contributed by atoms with Crippen LogP contribution in [-0.4, -0.2) is 87.7 Å². The minimum Gasteiger partial charge on any atom is -0.464 e. The number of fused-ring (bicyclic) bond motifs is 1. The summed E-state index contributed by atoms with van der Waals surface area (Å²) in [6.45, 7) is 5.21. The molecule has 5 rings (SSSR count). The summed E-state index contributed by atoms with van der Waals surface area (Å²) < 4.78 is 6.91. The molecule has 1 saturated heterocycles. The summed E-state index contributed by atoms with van der Waals surface area (Å²) in [7, 11) is 7.14. The van der Waals surface area contributed by atoms with Gasteiger partial charge in [0.05, 0.1) is 30.7 Å². The van der Waals surface area contributed by atoms with E-state index in [2.05, 4.69) is 54.6 Å². The third-order valence-electron chi connectivity index (χ3n) is 6.62. The first-order valence-electron chi connectivity index (χ1n) is 12.2. The molecule has 11 heteroatoms. The largest absolute Gasteiger partial charge is 0.464 e. The Morgan fingerprint density at radius 1 is 1.03 bits per heavy atom. The monoisotopic (exact) mass is 501 g/mol. The lowest BCUT2D eigenvalue weighted by molar-refractivity contribution is 0.0595. The Morgan fingerprint density at radius 3 is 2.49 bits per heavy atom. The van der Waals surface area contributed by atoms with Gasteiger partial charge < -0.3 is 24.8 Å². The van der Waals surface area contributed by atoms with Gasteiger partial charge in [0.2, 0.25) is 0 Å². The van der Waals surface area contributed by atoms with Crippen molar-refractivity contribution in [1.82, 2.24) is 34.3 Å². The minimum absolute atomic E-state index is 0.0750. The van der Waals surface area contributed by atoms with Gasteiger partial charge in [0, 0.05) is 58.7 Å². The van der Waals surface area contributed by atoms with Gasteiger partial charge in [-0.3, -0.25) is 9.88 Å². The van der Waals surface area contributed by atoms with Crippen LogP contribution in [0.25, 0.3) is 22.3 Å². The number of rotatable bonds is 7. The van der Waals surface area contributed by atoms with E-state index in [9.17, 15) is 4.79 Å². The number of ether oxygens (including phenoxy) is 1. The number of methoxy groups -OCH3 is 1. The Labute approximate surface area is 215 Å². The van der Waals surface area contributed by atoms with Crippen molar-refractivity contribution in [2.45, 2.75) is 6.54 Å². The number of hydrogen-bond acceptors (Lipinski definition) is 10. The maximum Gasteiger partial charge on any atom is 0.360 e. The standard InChI is InChI=1S/C26H31N9O2/c1-27-24-22(19-13-28-14-20-21(19)29-16-34(20)3)31-23(26(36)37-4)25(32-24)30-18-7-5-17(6-8-18)15-35-11-9-33(2)10-12-35/h5-8,13-14,16H,9-12,15H2,1-4H3,(H2,27,30,32). The summed E-state index contributed by atoms with van der Waals surface area (Å²) >= 11 is 0. The second-order valence-electron chi connectivity index (χ2n) is 9.17. The zero-order valence-electron chi connectivity index (χ0n) is 21.5. The second kappa shape index (κ2) is 10.5. The van der Waals surface area contributed by atoms with E-state index >= 15 is 0 Å². The molecule has 1 aromatic carbocycles. The van der Waals surface area contributed by atoms with Gasteiger partial charge in [-0.2, -0.15) is 0 Å². The van der Waals surface area contributed by atoms with Crippen molar-refractivity contribution < 1.29 is 9.53 Å². The molecule has 1 fully saturated rings. The molecule has 3 aromatic heterocycles. The van der Waals surface area contributed by atoms with Gasteiger partial charge in [-0.15, -0.1) is 0 Å². The van der Waals surface area contributed by atoms with Crippen LogP contribution in [0.3, 0.4) is 0 Å². The molecule has 0 aliphatic carbocycles. The van der Waals surface area contributed by atoms with E-state index in [1.54, 1.807) is 25.8 Å². The summed E-state index contributed by atoms with van der Waals surface area (Å²) in [6.07, 6.45) is 5.13. The summed E-state index contributed by atoms with van der Waals surface area (Å²) in [5.74, 6) is 0.196. The molecule has 0 amide bonds. The normalized spacial score (nSPS) is 14.6. The Balaban J connectivity index is 1.45. The number of aryl methyl sites for hydroxylation is 1. The fraction of sp³-hybridized carbons (Fsp3) is 0.346. The van der Waals surface area contributed by atoms with Crippen LogP contribution in [0.5, 0.6) is 0 Å². The number of anilines is 3. The Hall–Kier alpha value is -4.09. The lowest BCUT2D eigenvalue weighted by Gasteiger charge is -2.32. The first kappa shape index (κ1) is 24.6. The molecular weight excluding hydrogens is 470 g/mol. The highest BCUT2D eigenvalue weighted by Crippen LogP contribution is 2.32. The van der Waals surface area contributed by atoms with Gasteiger partial charge in [0.1, 0.15) is 11.2 Å². The number of benzene rings is 1. The molecule has 0 unspecified atom stereocenters. The van der Waals surface area contributed by atoms with E-state index in [0.717, 1.165) is 49.4 Å². The van der Waals surface area contributed by atoms with E-state index in [4.69, 9.17) is 9.72 Å². The first-order chi connectivity index (χ1) is 18.0. The van der Waals surface area contributed by atoms with Gasteiger partial charge in [0.15, 0.2) is 17.3 Å². The number of imidazole rings is 1. The molecule has 1 aliphatic heterocycles. The van der Waals surface area contributed by atoms with Gasteiger partial charge >= 0.3 is 5.97 Å². The second-order valence-corrected chi connectivity index (χ2v) is 9.17. The Bertz CT molecular complexity index is 1410. The van der Waals surface area contributed by atoms with E-state index in [0.29, 0.717) is 22.9 Å². The van der Waals surface area contributed by atoms with Crippen LogP contribution in [0.4, 0.5) is 17.3 Å². The number of piperazine rings is 1. The fourth-order valence-corrected chi connectivity index (χ4v) is 4.43. The molecule has 0 radical (unpaired) electrons. The number of aromatic nitrogens is 5. The van der Waals surface area contributed by atoms with Gasteiger partial charge in [-0.1, -0.05) is 12.1 Å². The van der Waals surface area contributed by atoms with Crippen LogP contribution < -0.4 is 10.6 Å². The number of esters is 1. The van der Waals surface area contributed by atoms with Crippen molar-refractivity contribution in [2.75, 3.05) is 58.0 Å². The van der Waals surface area contributed by atoms with Crippen molar-refractivity contribution in [3.05, 3.63) is 54.2 Å². The highest BCUT2D eigenvalue weighted by Gasteiger charge is 2.23. The van der Waals surface area contributed by atoms with Crippen LogP contribution in [-0.2, 0) is 18.3 Å². The van der Waals surface area contributed by atoms with Crippen LogP contribution in [0.1, 0.15) is 16.1 Å². The number of pyridine rings is 1. The molecule has 4 aromatic rings. The summed E-state index contributed by atoms with van der Waals surface area (Å²) in [5, 5.41) is 6.35. The SMILES string of the molecule is CNc1nc(Nc2ccc(CN3CCN(C)CC3)cc2)c(C(=O)OC)nc1-c1cncc2c1ncn2C. The van der Waals surface area contributed by atoms with Crippen molar-refractivity contribution >= 4 is 34.3 Å². The van der Waals surface area contributed by atoms with E-state index in [1.165, 1.54) is 12.7 Å². The van der Waals surface area contributed by atoms with Crippen LogP contribution in [0, 0.1) is 0 Å². The number of carbonyl (C=O) groups excluding carboxylic acids is 1. The average molecular weight is 502 g/mol. The molecule has 11 nitrogen and oxygen atoms in total. The average Bonchev–Trinajstić information content (AvgIpc) is 3.31.